The molecule has 0 saturated carbocycles. The van der Waals surface area contributed by atoms with Crippen LogP contribution in [-0.2, 0) is 14.3 Å². The van der Waals surface area contributed by atoms with Gasteiger partial charge in [0, 0.05) is 12.8 Å². The summed E-state index contributed by atoms with van der Waals surface area (Å²) >= 11 is 0. The van der Waals surface area contributed by atoms with Gasteiger partial charge in [-0.05, 0) is 64.2 Å². The SMILES string of the molecule is CCCCCC/C=C\C/C=C\CCCCCCCC(=O)OCCCCCCCCCCCCCCCCCCCCCCCCCCCCCCCCCCCCCCCC(=O)NC(CO)C(O)/C=C/CCCCCCCCCCCCC. The minimum atomic E-state index is -0.839. The first-order valence-electron chi connectivity index (χ1n) is 37.8. The maximum absolute atomic E-state index is 12.5. The summed E-state index contributed by atoms with van der Waals surface area (Å²) in [6.07, 6.45) is 94.1. The average Bonchev–Trinajstić information content (AvgIpc) is 3.49. The van der Waals surface area contributed by atoms with Gasteiger partial charge < -0.3 is 20.3 Å². The predicted molar refractivity (Wildman–Crippen MR) is 366 cm³/mol. The van der Waals surface area contributed by atoms with Crippen molar-refractivity contribution < 1.29 is 24.5 Å². The van der Waals surface area contributed by atoms with E-state index < -0.39 is 12.1 Å². The summed E-state index contributed by atoms with van der Waals surface area (Å²) in [5.41, 5.74) is 0. The van der Waals surface area contributed by atoms with E-state index in [1.54, 1.807) is 6.08 Å². The van der Waals surface area contributed by atoms with Crippen LogP contribution in [0, 0.1) is 0 Å². The Morgan fingerprint density at radius 1 is 0.337 bits per heavy atom. The number of nitrogens with one attached hydrogen (secondary N) is 1. The molecule has 0 fully saturated rings. The van der Waals surface area contributed by atoms with E-state index in [4.69, 9.17) is 4.74 Å². The molecule has 0 aliphatic heterocycles. The zero-order valence-electron chi connectivity index (χ0n) is 56.2. The number of allylic oxidation sites excluding steroid dienone is 5. The number of carbonyl (C=O) groups excluding carboxylic acids is 2. The summed E-state index contributed by atoms with van der Waals surface area (Å²) in [5.74, 6) is -0.0506. The summed E-state index contributed by atoms with van der Waals surface area (Å²) in [6.45, 7) is 4.91. The molecule has 0 spiro atoms. The Balaban J connectivity index is 3.30. The summed E-state index contributed by atoms with van der Waals surface area (Å²) in [6, 6.07) is -0.622. The minimum Gasteiger partial charge on any atom is -0.466 e. The second-order valence-corrected chi connectivity index (χ2v) is 26.0. The minimum absolute atomic E-state index is 0.0101. The number of amides is 1. The molecule has 0 aromatic carbocycles. The molecule has 0 bridgehead atoms. The number of rotatable bonds is 71. The molecule has 6 nitrogen and oxygen atoms in total. The van der Waals surface area contributed by atoms with Crippen LogP contribution in [0.3, 0.4) is 0 Å². The molecule has 0 saturated heterocycles. The molecule has 0 radical (unpaired) electrons. The van der Waals surface area contributed by atoms with E-state index in [2.05, 4.69) is 43.5 Å². The molecule has 2 unspecified atom stereocenters. The first kappa shape index (κ1) is 81.1. The Bertz CT molecular complexity index is 1340. The largest absolute Gasteiger partial charge is 0.466 e. The van der Waals surface area contributed by atoms with Crippen LogP contribution in [0.1, 0.15) is 418 Å². The van der Waals surface area contributed by atoms with Gasteiger partial charge in [0.05, 0.1) is 25.4 Å². The number of unbranched alkanes of at least 4 members (excludes halogenated alkanes) is 56. The maximum Gasteiger partial charge on any atom is 0.305 e. The molecule has 490 valence electrons. The molecular formula is C77H147NO5. The van der Waals surface area contributed by atoms with Gasteiger partial charge in [-0.3, -0.25) is 9.59 Å². The van der Waals surface area contributed by atoms with Crippen LogP contribution >= 0.6 is 0 Å². The number of ether oxygens (including phenoxy) is 1. The third-order valence-electron chi connectivity index (χ3n) is 17.7. The number of hydrogen-bond donors (Lipinski definition) is 3. The van der Waals surface area contributed by atoms with Crippen LogP contribution < -0.4 is 5.32 Å². The van der Waals surface area contributed by atoms with E-state index in [0.29, 0.717) is 19.4 Å². The Hall–Kier alpha value is -1.92. The van der Waals surface area contributed by atoms with Crippen LogP contribution in [0.25, 0.3) is 0 Å². The van der Waals surface area contributed by atoms with Crippen molar-refractivity contribution in [1.29, 1.82) is 0 Å². The number of carbonyl (C=O) groups is 2. The molecule has 0 heterocycles. The fourth-order valence-electron chi connectivity index (χ4n) is 11.9. The van der Waals surface area contributed by atoms with Crippen molar-refractivity contribution >= 4 is 11.9 Å². The van der Waals surface area contributed by atoms with Crippen molar-refractivity contribution in [2.45, 2.75) is 431 Å². The topological polar surface area (TPSA) is 95.9 Å². The van der Waals surface area contributed by atoms with Crippen LogP contribution in [-0.4, -0.2) is 47.4 Å². The number of aliphatic hydroxyl groups excluding tert-OH is 2. The molecule has 83 heavy (non-hydrogen) atoms. The summed E-state index contributed by atoms with van der Waals surface area (Å²) in [4.78, 5) is 24.6. The quantitative estimate of drug-likeness (QED) is 0.0320. The van der Waals surface area contributed by atoms with Gasteiger partial charge in [0.25, 0.3) is 0 Å². The highest BCUT2D eigenvalue weighted by Gasteiger charge is 2.18. The maximum atomic E-state index is 12.5. The molecular weight excluding hydrogens is 1020 g/mol. The van der Waals surface area contributed by atoms with Crippen molar-refractivity contribution in [2.75, 3.05) is 13.2 Å². The zero-order valence-corrected chi connectivity index (χ0v) is 56.2. The van der Waals surface area contributed by atoms with Gasteiger partial charge in [0.1, 0.15) is 0 Å². The standard InChI is InChI=1S/C77H147NO5/c1-3-5-7-9-11-13-15-17-18-43-47-51-55-59-63-67-71-77(82)83-72-68-64-60-56-52-48-44-41-39-37-35-33-31-29-27-25-23-21-19-20-22-24-26-28-30-32-34-36-38-40-42-46-50-54-58-62-66-70-76(81)78-74(73-79)75(80)69-65-61-57-53-49-45-16-14-12-10-8-6-4-2/h13,15,18,43,65,69,74-75,79-80H,3-12,14,16-17,19-42,44-64,66-68,70-73H2,1-2H3,(H,78,81)/b15-13-,43-18-,69-65+. The van der Waals surface area contributed by atoms with Gasteiger partial charge in [0.15, 0.2) is 0 Å². The summed E-state index contributed by atoms with van der Waals surface area (Å²) in [5, 5.41) is 23.1. The molecule has 6 heteroatoms. The Kier molecular flexibility index (Phi) is 70.9. The fraction of sp³-hybridized carbons (Fsp3) is 0.896. The van der Waals surface area contributed by atoms with Gasteiger partial charge in [-0.1, -0.05) is 378 Å². The third kappa shape index (κ3) is 69.1. The molecule has 2 atom stereocenters. The van der Waals surface area contributed by atoms with E-state index >= 15 is 0 Å². The highest BCUT2D eigenvalue weighted by atomic mass is 16.5. The molecule has 0 rings (SSSR count). The lowest BCUT2D eigenvalue weighted by Gasteiger charge is -2.20. The van der Waals surface area contributed by atoms with Crippen LogP contribution in [0.2, 0.25) is 0 Å². The monoisotopic (exact) mass is 1170 g/mol. The van der Waals surface area contributed by atoms with E-state index in [9.17, 15) is 19.8 Å². The van der Waals surface area contributed by atoms with Crippen molar-refractivity contribution in [1.82, 2.24) is 5.32 Å². The summed E-state index contributed by atoms with van der Waals surface area (Å²) < 4.78 is 5.50. The Labute approximate surface area is 519 Å². The summed E-state index contributed by atoms with van der Waals surface area (Å²) in [7, 11) is 0. The van der Waals surface area contributed by atoms with Gasteiger partial charge in [-0.2, -0.15) is 0 Å². The highest BCUT2D eigenvalue weighted by Crippen LogP contribution is 2.19. The lowest BCUT2D eigenvalue weighted by molar-refractivity contribution is -0.143. The van der Waals surface area contributed by atoms with Gasteiger partial charge in [-0.15, -0.1) is 0 Å². The van der Waals surface area contributed by atoms with Crippen LogP contribution in [0.5, 0.6) is 0 Å². The molecule has 0 aliphatic carbocycles. The average molecular weight is 1170 g/mol. The van der Waals surface area contributed by atoms with E-state index in [-0.39, 0.29) is 18.5 Å². The van der Waals surface area contributed by atoms with Crippen LogP contribution in [0.15, 0.2) is 36.5 Å². The van der Waals surface area contributed by atoms with E-state index in [1.165, 1.54) is 340 Å². The number of esters is 1. The Morgan fingerprint density at radius 2 is 0.602 bits per heavy atom. The normalized spacial score (nSPS) is 12.7. The highest BCUT2D eigenvalue weighted by molar-refractivity contribution is 5.76. The molecule has 0 aromatic rings. The smallest absolute Gasteiger partial charge is 0.305 e. The van der Waals surface area contributed by atoms with Crippen LogP contribution in [0.4, 0.5) is 0 Å². The van der Waals surface area contributed by atoms with Gasteiger partial charge in [-0.25, -0.2) is 0 Å². The molecule has 0 aliphatic rings. The second-order valence-electron chi connectivity index (χ2n) is 26.0. The Morgan fingerprint density at radius 3 is 0.928 bits per heavy atom. The molecule has 1 amide bonds. The predicted octanol–water partition coefficient (Wildman–Crippen LogP) is 24.7. The molecule has 3 N–H and O–H groups in total. The lowest BCUT2D eigenvalue weighted by Crippen LogP contribution is -2.45. The van der Waals surface area contributed by atoms with Crippen molar-refractivity contribution in [3.8, 4) is 0 Å². The van der Waals surface area contributed by atoms with Crippen molar-refractivity contribution in [3.63, 3.8) is 0 Å². The fourth-order valence-corrected chi connectivity index (χ4v) is 11.9. The zero-order chi connectivity index (χ0) is 59.9. The first-order chi connectivity index (χ1) is 41.0. The number of hydrogen-bond acceptors (Lipinski definition) is 5. The van der Waals surface area contributed by atoms with Gasteiger partial charge in [0.2, 0.25) is 5.91 Å². The second kappa shape index (κ2) is 72.6. The lowest BCUT2D eigenvalue weighted by atomic mass is 10.0. The van der Waals surface area contributed by atoms with E-state index in [0.717, 1.165) is 51.4 Å². The number of aliphatic hydroxyl groups is 2. The third-order valence-corrected chi connectivity index (χ3v) is 17.7. The molecule has 0 aromatic heterocycles. The van der Waals surface area contributed by atoms with E-state index in [1.807, 2.05) is 6.08 Å². The van der Waals surface area contributed by atoms with Gasteiger partial charge >= 0.3 is 5.97 Å². The van der Waals surface area contributed by atoms with Crippen molar-refractivity contribution in [3.05, 3.63) is 36.5 Å². The first-order valence-corrected chi connectivity index (χ1v) is 37.8. The van der Waals surface area contributed by atoms with Crippen molar-refractivity contribution in [2.24, 2.45) is 0 Å².